The van der Waals surface area contributed by atoms with E-state index in [0.717, 1.165) is 12.0 Å². The highest BCUT2D eigenvalue weighted by Crippen LogP contribution is 2.38. The lowest BCUT2D eigenvalue weighted by atomic mass is 9.78. The normalized spacial score (nSPS) is 39.1. The standard InChI is InChI=1S/C51H79NO13/c1-30-16-12-11-13-17-31(2)42(61-8)28-38-21-19-36(7)51(60,65-38)48(57)49(58)52-23-15-14-18-39(52)50(59)64-43(33(4)26-37-20-22-40(53)44(27-37)62-9)29-41(54)32(3)25-35(6)46(56)47(63-10)45(55)34(5)24-30/h11-13,16-17,25,30,32-34,36-40,42-44,46-47,53,56,60H,14-15,18-24,26-29H2,1-10H3/b13-11?,16-12+,31-17?,35-25+/t30?,32-,33-,34-,36-,37+,38+,39+,40-,42+,43+,44-,46-,47+,51?/m1/s1. The number of piperidine rings is 1. The summed E-state index contributed by atoms with van der Waals surface area (Å²) in [6.07, 6.45) is 11.2. The predicted octanol–water partition coefficient (Wildman–Crippen LogP) is 6.18. The van der Waals surface area contributed by atoms with Crippen LogP contribution in [0, 0.1) is 35.5 Å². The Bertz CT molecular complexity index is 1760. The van der Waals surface area contributed by atoms with E-state index in [4.69, 9.17) is 23.7 Å². The fraction of sp³-hybridized carbons (Fsp3) is 0.745. The third-order valence-corrected chi connectivity index (χ3v) is 14.5. The number of rotatable bonds is 6. The van der Waals surface area contributed by atoms with E-state index >= 15 is 0 Å². The van der Waals surface area contributed by atoms with Gasteiger partial charge in [0.2, 0.25) is 5.79 Å². The van der Waals surface area contributed by atoms with Crippen molar-refractivity contribution in [3.63, 3.8) is 0 Å². The zero-order valence-corrected chi connectivity index (χ0v) is 40.6. The van der Waals surface area contributed by atoms with Gasteiger partial charge in [-0.15, -0.1) is 0 Å². The molecule has 3 aliphatic heterocycles. The van der Waals surface area contributed by atoms with Gasteiger partial charge < -0.3 is 43.9 Å². The molecule has 0 radical (unpaired) electrons. The maximum Gasteiger partial charge on any atom is 0.329 e. The minimum atomic E-state index is -2.43. The molecule has 3 N–H and O–H groups in total. The Morgan fingerprint density at radius 2 is 1.57 bits per heavy atom. The number of amides is 1. The second-order valence-corrected chi connectivity index (χ2v) is 19.6. The monoisotopic (exact) mass is 914 g/mol. The van der Waals surface area contributed by atoms with Crippen molar-refractivity contribution in [1.82, 2.24) is 4.90 Å². The first-order valence-electron chi connectivity index (χ1n) is 23.9. The number of fused-ring (bicyclic) bond motifs is 3. The van der Waals surface area contributed by atoms with Gasteiger partial charge in [-0.3, -0.25) is 19.2 Å². The number of nitrogens with zero attached hydrogens (tertiary/aromatic N) is 1. The Morgan fingerprint density at radius 3 is 2.25 bits per heavy atom. The average molecular weight is 914 g/mol. The van der Waals surface area contributed by atoms with Crippen molar-refractivity contribution < 1.29 is 63.0 Å². The molecule has 14 nitrogen and oxygen atoms in total. The SMILES string of the molecule is CO[C@H]1C[C@@H]2CC[C@@H](C)C(O)(O2)C(=O)C(=O)N2CCCC[C@H]2C(=O)O[C@H]([C@H](C)C[C@@H]2CC[C@@H](O)[C@H](OC)C2)CC(=O)[C@H](C)/C=C(\C)[C@@H](O)[C@@H](OC)C(=O)[C@H](C)CC(C)/C=C/C=CC=C1C. The molecule has 15 atom stereocenters. The topological polar surface area (TPSA) is 195 Å². The number of aliphatic hydroxyl groups excluding tert-OH is 2. The molecule has 0 spiro atoms. The van der Waals surface area contributed by atoms with Crippen molar-refractivity contribution in [3.8, 4) is 0 Å². The summed E-state index contributed by atoms with van der Waals surface area (Å²) in [4.78, 5) is 71.8. The Morgan fingerprint density at radius 1 is 0.846 bits per heavy atom. The molecule has 0 aromatic carbocycles. The number of ether oxygens (including phenoxy) is 5. The van der Waals surface area contributed by atoms with Crippen LogP contribution in [0.25, 0.3) is 0 Å². The van der Waals surface area contributed by atoms with Crippen molar-refractivity contribution in [2.24, 2.45) is 35.5 Å². The highest BCUT2D eigenvalue weighted by Gasteiger charge is 2.53. The van der Waals surface area contributed by atoms with Gasteiger partial charge in [-0.1, -0.05) is 71.1 Å². The number of hydrogen-bond acceptors (Lipinski definition) is 13. The summed E-state index contributed by atoms with van der Waals surface area (Å²) < 4.78 is 29.4. The van der Waals surface area contributed by atoms with Gasteiger partial charge in [0, 0.05) is 58.5 Å². The van der Waals surface area contributed by atoms with Crippen LogP contribution in [-0.4, -0.2) is 132 Å². The fourth-order valence-electron chi connectivity index (χ4n) is 10.1. The van der Waals surface area contributed by atoms with Crippen LogP contribution >= 0.6 is 0 Å². The summed E-state index contributed by atoms with van der Waals surface area (Å²) >= 11 is 0. The molecule has 4 aliphatic rings. The number of Topliss-reactive ketones (excluding diaryl/α,β-unsaturated/α-hetero) is 3. The zero-order valence-electron chi connectivity index (χ0n) is 40.6. The maximum absolute atomic E-state index is 14.4. The zero-order chi connectivity index (χ0) is 48.2. The first kappa shape index (κ1) is 54.2. The third kappa shape index (κ3) is 14.3. The van der Waals surface area contributed by atoms with E-state index in [1.165, 1.54) is 12.0 Å². The highest BCUT2D eigenvalue weighted by molar-refractivity contribution is 6.39. The van der Waals surface area contributed by atoms with Crippen molar-refractivity contribution in [2.45, 2.75) is 180 Å². The molecule has 1 aliphatic carbocycles. The first-order valence-corrected chi connectivity index (χ1v) is 23.9. The van der Waals surface area contributed by atoms with E-state index in [-0.39, 0.29) is 54.8 Å². The van der Waals surface area contributed by atoms with Gasteiger partial charge in [-0.05, 0) is 107 Å². The van der Waals surface area contributed by atoms with E-state index in [0.29, 0.717) is 63.4 Å². The van der Waals surface area contributed by atoms with E-state index in [1.807, 2.05) is 58.1 Å². The number of ketones is 3. The van der Waals surface area contributed by atoms with Crippen LogP contribution < -0.4 is 0 Å². The molecule has 3 heterocycles. The van der Waals surface area contributed by atoms with Crippen LogP contribution in [0.5, 0.6) is 0 Å². The number of allylic oxidation sites excluding steroid dienone is 6. The largest absolute Gasteiger partial charge is 0.460 e. The number of cyclic esters (lactones) is 1. The van der Waals surface area contributed by atoms with Crippen LogP contribution in [0.15, 0.2) is 47.6 Å². The fourth-order valence-corrected chi connectivity index (χ4v) is 10.1. The van der Waals surface area contributed by atoms with Crippen molar-refractivity contribution in [2.75, 3.05) is 27.9 Å². The number of aliphatic hydroxyl groups is 3. The Hall–Kier alpha value is -3.37. The van der Waals surface area contributed by atoms with Gasteiger partial charge in [0.05, 0.1) is 24.4 Å². The number of esters is 1. The lowest BCUT2D eigenvalue weighted by molar-refractivity contribution is -0.265. The van der Waals surface area contributed by atoms with E-state index < -0.39 is 83.9 Å². The molecule has 14 heteroatoms. The molecular formula is C51H79NO13. The molecule has 2 bridgehead atoms. The smallest absolute Gasteiger partial charge is 0.329 e. The average Bonchev–Trinajstić information content (AvgIpc) is 3.28. The summed E-state index contributed by atoms with van der Waals surface area (Å²) in [7, 11) is 4.52. The number of carbonyl (C=O) groups is 5. The van der Waals surface area contributed by atoms with Gasteiger partial charge in [0.25, 0.3) is 11.7 Å². The van der Waals surface area contributed by atoms with Gasteiger partial charge in [-0.2, -0.15) is 0 Å². The highest BCUT2D eigenvalue weighted by atomic mass is 16.6. The third-order valence-electron chi connectivity index (χ3n) is 14.5. The Labute approximate surface area is 387 Å². The molecule has 2 unspecified atom stereocenters. The second kappa shape index (κ2) is 25.1. The van der Waals surface area contributed by atoms with Gasteiger partial charge >= 0.3 is 5.97 Å². The summed E-state index contributed by atoms with van der Waals surface area (Å²) in [6, 6.07) is -1.14. The van der Waals surface area contributed by atoms with Crippen molar-refractivity contribution in [3.05, 3.63) is 47.6 Å². The molecule has 1 saturated carbocycles. The first-order chi connectivity index (χ1) is 30.7. The van der Waals surface area contributed by atoms with Crippen LogP contribution in [0.3, 0.4) is 0 Å². The van der Waals surface area contributed by atoms with Crippen LogP contribution in [0.2, 0.25) is 0 Å². The van der Waals surface area contributed by atoms with Crippen molar-refractivity contribution >= 4 is 29.2 Å². The number of carbonyl (C=O) groups excluding carboxylic acids is 5. The minimum Gasteiger partial charge on any atom is -0.460 e. The molecule has 0 aromatic rings. The molecular weight excluding hydrogens is 835 g/mol. The summed E-state index contributed by atoms with van der Waals surface area (Å²) in [5, 5.41) is 33.8. The van der Waals surface area contributed by atoms with Crippen LogP contribution in [0.1, 0.15) is 126 Å². The predicted molar refractivity (Wildman–Crippen MR) is 245 cm³/mol. The Kier molecular flexibility index (Phi) is 21.0. The maximum atomic E-state index is 14.4. The van der Waals surface area contributed by atoms with Crippen LogP contribution in [-0.2, 0) is 47.7 Å². The molecule has 65 heavy (non-hydrogen) atoms. The van der Waals surface area contributed by atoms with E-state index in [2.05, 4.69) is 0 Å². The molecule has 0 aromatic heterocycles. The minimum absolute atomic E-state index is 0.0193. The summed E-state index contributed by atoms with van der Waals surface area (Å²) in [6.45, 7) is 12.7. The molecule has 2 saturated heterocycles. The molecule has 4 rings (SSSR count). The second-order valence-electron chi connectivity index (χ2n) is 19.6. The number of methoxy groups -OCH3 is 3. The van der Waals surface area contributed by atoms with Crippen LogP contribution in [0.4, 0.5) is 0 Å². The van der Waals surface area contributed by atoms with E-state index in [1.54, 1.807) is 41.1 Å². The number of hydrogen-bond donors (Lipinski definition) is 3. The Balaban J connectivity index is 1.70. The van der Waals surface area contributed by atoms with Gasteiger partial charge in [0.1, 0.15) is 30.1 Å². The molecule has 3 fully saturated rings. The molecule has 366 valence electrons. The van der Waals surface area contributed by atoms with Gasteiger partial charge in [0.15, 0.2) is 5.78 Å². The summed E-state index contributed by atoms with van der Waals surface area (Å²) in [5.74, 6) is -7.96. The lowest BCUT2D eigenvalue weighted by Crippen LogP contribution is -2.61. The van der Waals surface area contributed by atoms with Crippen molar-refractivity contribution in [1.29, 1.82) is 0 Å². The quantitative estimate of drug-likeness (QED) is 0.156. The molecule has 1 amide bonds. The lowest BCUT2D eigenvalue weighted by Gasteiger charge is -2.42. The van der Waals surface area contributed by atoms with Gasteiger partial charge in [-0.25, -0.2) is 4.79 Å². The summed E-state index contributed by atoms with van der Waals surface area (Å²) in [5.41, 5.74) is 1.27. The van der Waals surface area contributed by atoms with E-state index in [9.17, 15) is 39.3 Å².